The summed E-state index contributed by atoms with van der Waals surface area (Å²) in [7, 11) is 0. The van der Waals surface area contributed by atoms with Gasteiger partial charge >= 0.3 is 0 Å². The fraction of sp³-hybridized carbons (Fsp3) is 0. The third-order valence-electron chi connectivity index (χ3n) is 11.5. The Hall–Kier alpha value is -8.10. The lowest BCUT2D eigenvalue weighted by Gasteiger charge is -2.07. The number of benzene rings is 5. The minimum atomic E-state index is 0.754. The summed E-state index contributed by atoms with van der Waals surface area (Å²) in [6, 6.07) is 50.2. The van der Waals surface area contributed by atoms with Crippen molar-refractivity contribution in [1.82, 2.24) is 29.1 Å². The van der Waals surface area contributed by atoms with Crippen LogP contribution in [-0.4, -0.2) is 29.1 Å². The average Bonchev–Trinajstić information content (AvgIpc) is 4.04. The van der Waals surface area contributed by atoms with Crippen LogP contribution in [0.5, 0.6) is 0 Å². The number of hydrogen-bond acceptors (Lipinski definition) is 6. The molecule has 8 nitrogen and oxygen atoms in total. The first-order valence-corrected chi connectivity index (χ1v) is 19.2. The molecule has 13 rings (SSSR count). The van der Waals surface area contributed by atoms with Crippen LogP contribution < -0.4 is 0 Å². The minimum Gasteiger partial charge on any atom is -0.454 e. The number of para-hydroxylation sites is 2. The molecule has 0 unspecified atom stereocenters. The lowest BCUT2D eigenvalue weighted by atomic mass is 10.00. The molecule has 13 aromatic rings. The third-order valence-corrected chi connectivity index (χ3v) is 11.5. The van der Waals surface area contributed by atoms with Crippen molar-refractivity contribution in [2.24, 2.45) is 0 Å². The lowest BCUT2D eigenvalue weighted by molar-refractivity contribution is 0.668. The Balaban J connectivity index is 0.893. The van der Waals surface area contributed by atoms with Crippen LogP contribution in [-0.2, 0) is 0 Å². The molecule has 8 heteroatoms. The van der Waals surface area contributed by atoms with Gasteiger partial charge in [-0.1, -0.05) is 60.7 Å². The summed E-state index contributed by atoms with van der Waals surface area (Å²) < 4.78 is 17.7. The molecule has 58 heavy (non-hydrogen) atoms. The Morgan fingerprint density at radius 3 is 1.26 bits per heavy atom. The standard InChI is InChI=1S/C50H28N6O2/c1-3-9-39-35(7-1)45-41(11-5-23-51-45)55(39)31-17-19-43-37(27-31)47-49(57-43)33(21-25-53-47)29-13-15-30(16-14-29)34-22-26-54-48-38-28-32(18-20-44(38)58-50(34)48)56-40-10-4-2-8-36(40)46-42(56)12-6-24-52-46/h1-28H. The van der Waals surface area contributed by atoms with Crippen molar-refractivity contribution < 1.29 is 8.83 Å². The molecule has 0 aliphatic rings. The van der Waals surface area contributed by atoms with E-state index in [1.165, 1.54) is 0 Å². The van der Waals surface area contributed by atoms with E-state index in [-0.39, 0.29) is 0 Å². The normalized spacial score (nSPS) is 12.1. The molecular formula is C50H28N6O2. The van der Waals surface area contributed by atoms with Gasteiger partial charge in [0, 0.05) is 68.8 Å². The highest BCUT2D eigenvalue weighted by Crippen LogP contribution is 2.40. The zero-order chi connectivity index (χ0) is 37.9. The Morgan fingerprint density at radius 1 is 0.345 bits per heavy atom. The molecule has 0 aliphatic heterocycles. The lowest BCUT2D eigenvalue weighted by Crippen LogP contribution is -1.93. The van der Waals surface area contributed by atoms with Crippen molar-refractivity contribution in [3.8, 4) is 33.6 Å². The molecule has 0 bridgehead atoms. The first-order chi connectivity index (χ1) is 28.8. The van der Waals surface area contributed by atoms with Gasteiger partial charge in [-0.25, -0.2) is 0 Å². The highest BCUT2D eigenvalue weighted by Gasteiger charge is 2.20. The van der Waals surface area contributed by atoms with E-state index in [0.717, 1.165) is 122 Å². The number of rotatable bonds is 4. The second kappa shape index (κ2) is 11.7. The molecule has 0 saturated heterocycles. The Bertz CT molecular complexity index is 3460. The minimum absolute atomic E-state index is 0.754. The van der Waals surface area contributed by atoms with Crippen LogP contribution in [0.25, 0.3) is 122 Å². The molecule has 0 atom stereocenters. The molecule has 5 aromatic carbocycles. The van der Waals surface area contributed by atoms with E-state index in [2.05, 4.69) is 118 Å². The van der Waals surface area contributed by atoms with Crippen LogP contribution in [0, 0.1) is 0 Å². The van der Waals surface area contributed by atoms with Crippen molar-refractivity contribution in [3.05, 3.63) is 170 Å². The topological polar surface area (TPSA) is 87.7 Å². The van der Waals surface area contributed by atoms with Crippen LogP contribution in [0.3, 0.4) is 0 Å². The molecule has 0 spiro atoms. The van der Waals surface area contributed by atoms with Crippen LogP contribution in [0.15, 0.2) is 179 Å². The van der Waals surface area contributed by atoms with E-state index in [4.69, 9.17) is 28.8 Å². The maximum atomic E-state index is 6.56. The second-order valence-electron chi connectivity index (χ2n) is 14.7. The summed E-state index contributed by atoms with van der Waals surface area (Å²) in [6.45, 7) is 0. The summed E-state index contributed by atoms with van der Waals surface area (Å²) in [5, 5.41) is 4.16. The fourth-order valence-corrected chi connectivity index (χ4v) is 8.98. The summed E-state index contributed by atoms with van der Waals surface area (Å²) in [6.07, 6.45) is 7.43. The van der Waals surface area contributed by atoms with Gasteiger partial charge in [0.15, 0.2) is 11.2 Å². The van der Waals surface area contributed by atoms with Crippen molar-refractivity contribution in [2.75, 3.05) is 0 Å². The van der Waals surface area contributed by atoms with Crippen molar-refractivity contribution >= 4 is 88.0 Å². The molecule has 8 heterocycles. The molecule has 270 valence electrons. The first kappa shape index (κ1) is 31.1. The maximum Gasteiger partial charge on any atom is 0.161 e. The van der Waals surface area contributed by atoms with Gasteiger partial charge in [0.2, 0.25) is 0 Å². The quantitative estimate of drug-likeness (QED) is 0.178. The zero-order valence-electron chi connectivity index (χ0n) is 30.7. The summed E-state index contributed by atoms with van der Waals surface area (Å²) in [5.74, 6) is 0. The van der Waals surface area contributed by atoms with Gasteiger partial charge in [-0.15, -0.1) is 0 Å². The Kier molecular flexibility index (Phi) is 6.29. The molecule has 0 aliphatic carbocycles. The maximum absolute atomic E-state index is 6.56. The van der Waals surface area contributed by atoms with E-state index < -0.39 is 0 Å². The Labute approximate surface area is 328 Å². The third kappa shape index (κ3) is 4.33. The van der Waals surface area contributed by atoms with E-state index in [1.54, 1.807) is 0 Å². The smallest absolute Gasteiger partial charge is 0.161 e. The highest BCUT2D eigenvalue weighted by molar-refractivity contribution is 6.12. The zero-order valence-corrected chi connectivity index (χ0v) is 30.7. The van der Waals surface area contributed by atoms with Crippen molar-refractivity contribution in [2.45, 2.75) is 0 Å². The van der Waals surface area contributed by atoms with E-state index in [9.17, 15) is 0 Å². The van der Waals surface area contributed by atoms with Crippen molar-refractivity contribution in [3.63, 3.8) is 0 Å². The predicted molar refractivity (Wildman–Crippen MR) is 232 cm³/mol. The van der Waals surface area contributed by atoms with E-state index >= 15 is 0 Å². The number of aromatic nitrogens is 6. The van der Waals surface area contributed by atoms with Gasteiger partial charge in [0.05, 0.1) is 33.1 Å². The van der Waals surface area contributed by atoms with Crippen LogP contribution in [0.4, 0.5) is 0 Å². The largest absolute Gasteiger partial charge is 0.454 e. The highest BCUT2D eigenvalue weighted by atomic mass is 16.3. The van der Waals surface area contributed by atoms with Gasteiger partial charge in [-0.2, -0.15) is 0 Å². The summed E-state index contributed by atoms with van der Waals surface area (Å²) in [4.78, 5) is 19.1. The monoisotopic (exact) mass is 744 g/mol. The number of furan rings is 2. The number of pyridine rings is 4. The molecule has 0 N–H and O–H groups in total. The molecule has 0 fully saturated rings. The van der Waals surface area contributed by atoms with E-state index in [0.29, 0.717) is 0 Å². The second-order valence-corrected chi connectivity index (χ2v) is 14.7. The first-order valence-electron chi connectivity index (χ1n) is 19.2. The number of hydrogen-bond donors (Lipinski definition) is 0. The predicted octanol–water partition coefficient (Wildman–Crippen LogP) is 12.6. The van der Waals surface area contributed by atoms with Gasteiger partial charge in [-0.3, -0.25) is 19.9 Å². The van der Waals surface area contributed by atoms with Crippen molar-refractivity contribution in [1.29, 1.82) is 0 Å². The van der Waals surface area contributed by atoms with Gasteiger partial charge < -0.3 is 18.0 Å². The Morgan fingerprint density at radius 2 is 0.776 bits per heavy atom. The average molecular weight is 745 g/mol. The van der Waals surface area contributed by atoms with Crippen LogP contribution in [0.2, 0.25) is 0 Å². The van der Waals surface area contributed by atoms with Crippen LogP contribution in [0.1, 0.15) is 0 Å². The summed E-state index contributed by atoms with van der Waals surface area (Å²) >= 11 is 0. The van der Waals surface area contributed by atoms with Gasteiger partial charge in [0.1, 0.15) is 22.2 Å². The van der Waals surface area contributed by atoms with E-state index in [1.807, 2.05) is 61.2 Å². The SMILES string of the molecule is c1ccc2c(c1)c1ncccc1n2-c1ccc2oc3c(-c4ccc(-c5ccnc6c5oc5ccc(-n7c8ccccc8c8ncccc87)cc56)cc4)ccnc3c2c1. The van der Waals surface area contributed by atoms with Crippen LogP contribution >= 0.6 is 0 Å². The molecule has 0 amide bonds. The van der Waals surface area contributed by atoms with Gasteiger partial charge in [0.25, 0.3) is 0 Å². The number of fused-ring (bicyclic) bond motifs is 12. The fourth-order valence-electron chi connectivity index (χ4n) is 8.98. The molecule has 8 aromatic heterocycles. The molecular weight excluding hydrogens is 717 g/mol. The number of nitrogens with zero attached hydrogens (tertiary/aromatic N) is 6. The summed E-state index contributed by atoms with van der Waals surface area (Å²) in [5.41, 5.74) is 17.1. The molecule has 0 radical (unpaired) electrons. The van der Waals surface area contributed by atoms with Gasteiger partial charge in [-0.05, 0) is 96.1 Å². The molecule has 0 saturated carbocycles.